The molecule has 1 unspecified atom stereocenters. The molecule has 2 atom stereocenters. The Labute approximate surface area is 350 Å². The average molecular weight is 832 g/mol. The first-order valence-corrected chi connectivity index (χ1v) is 21.1. The fraction of sp³-hybridized carbons (Fsp3) is 0.432. The predicted molar refractivity (Wildman–Crippen MR) is 225 cm³/mol. The van der Waals surface area contributed by atoms with Crippen molar-refractivity contribution in [1.82, 2.24) is 39.9 Å². The van der Waals surface area contributed by atoms with Gasteiger partial charge in [0.25, 0.3) is 11.8 Å². The number of carbonyl (C=O) groups excluding carboxylic acids is 4. The van der Waals surface area contributed by atoms with E-state index in [4.69, 9.17) is 5.10 Å². The summed E-state index contributed by atoms with van der Waals surface area (Å²) in [5.74, 6) is 2.36. The van der Waals surface area contributed by atoms with Gasteiger partial charge in [-0.2, -0.15) is 5.10 Å². The van der Waals surface area contributed by atoms with E-state index >= 15 is 4.39 Å². The molecule has 0 saturated carbocycles. The van der Waals surface area contributed by atoms with Gasteiger partial charge in [0.2, 0.25) is 0 Å². The Morgan fingerprint density at radius 2 is 1.74 bits per heavy atom. The molecule has 17 heteroatoms. The zero-order valence-electron chi connectivity index (χ0n) is 33.7. The molecule has 0 radical (unpaired) electrons. The predicted octanol–water partition coefficient (Wildman–Crippen LogP) is 4.88. The van der Waals surface area contributed by atoms with Crippen molar-refractivity contribution in [2.24, 2.45) is 5.92 Å². The highest BCUT2D eigenvalue weighted by Gasteiger charge is 2.30. The zero-order chi connectivity index (χ0) is 42.0. The molecule has 4 saturated heterocycles. The highest BCUT2D eigenvalue weighted by Crippen LogP contribution is 2.36. The molecule has 7 heterocycles. The highest BCUT2D eigenvalue weighted by molar-refractivity contribution is 6.10. The zero-order valence-corrected chi connectivity index (χ0v) is 33.7. The van der Waals surface area contributed by atoms with Crippen LogP contribution < -0.4 is 25.8 Å². The van der Waals surface area contributed by atoms with Crippen molar-refractivity contribution >= 4 is 57.3 Å². The third-order valence-electron chi connectivity index (χ3n) is 12.6. The van der Waals surface area contributed by atoms with E-state index < -0.39 is 23.9 Å². The number of piperidine rings is 4. The number of nitrogens with one attached hydrogen (secondary N) is 3. The van der Waals surface area contributed by atoms with Crippen LogP contribution in [0.1, 0.15) is 78.1 Å². The smallest absolute Gasteiger partial charge is 0.259 e. The van der Waals surface area contributed by atoms with Crippen LogP contribution in [-0.2, 0) is 9.59 Å². The van der Waals surface area contributed by atoms with Crippen LogP contribution in [-0.4, -0.2) is 111 Å². The lowest BCUT2D eigenvalue weighted by Crippen LogP contribution is -2.44. The summed E-state index contributed by atoms with van der Waals surface area (Å²) in [6.07, 6.45) is 10.1. The SMILES string of the molecule is O=C=C1CC[C@H](NC(=O)c2ccc(N3CCC(CN4CCC(n5cc6cc(NC(=O)c7cccn8cnnc78)c(N7CCCC(F)C7)cc6n5)CC4)CC3)cc2F)C(=C=O)N1. The molecule has 2 amide bonds. The van der Waals surface area contributed by atoms with Gasteiger partial charge in [0.05, 0.1) is 40.1 Å². The second-order valence-corrected chi connectivity index (χ2v) is 16.6. The van der Waals surface area contributed by atoms with Gasteiger partial charge >= 0.3 is 0 Å². The second-order valence-electron chi connectivity index (χ2n) is 16.6. The number of allylic oxidation sites excluding steroid dienone is 1. The lowest BCUT2D eigenvalue weighted by Gasteiger charge is -2.38. The van der Waals surface area contributed by atoms with Crippen molar-refractivity contribution in [3.05, 3.63) is 89.5 Å². The van der Waals surface area contributed by atoms with Gasteiger partial charge < -0.3 is 30.7 Å². The molecule has 15 nitrogen and oxygen atoms in total. The lowest BCUT2D eigenvalue weighted by molar-refractivity contribution is 0.0934. The summed E-state index contributed by atoms with van der Waals surface area (Å²) < 4.78 is 33.7. The number of hydrogen-bond donors (Lipinski definition) is 3. The Kier molecular flexibility index (Phi) is 11.3. The Morgan fingerprint density at radius 3 is 2.51 bits per heavy atom. The summed E-state index contributed by atoms with van der Waals surface area (Å²) in [5, 5.41) is 22.4. The quantitative estimate of drug-likeness (QED) is 0.174. The minimum absolute atomic E-state index is 0.0223. The average Bonchev–Trinajstić information content (AvgIpc) is 3.94. The number of alkyl halides is 1. The maximum atomic E-state index is 15.3. The van der Waals surface area contributed by atoms with E-state index in [1.54, 1.807) is 47.0 Å². The molecule has 4 aliphatic heterocycles. The van der Waals surface area contributed by atoms with Crippen LogP contribution in [0, 0.1) is 11.7 Å². The number of nitrogens with zero attached hydrogens (tertiary/aromatic N) is 8. The van der Waals surface area contributed by atoms with Crippen LogP contribution >= 0.6 is 0 Å². The molecule has 0 spiro atoms. The largest absolute Gasteiger partial charge is 0.371 e. The van der Waals surface area contributed by atoms with Crippen molar-refractivity contribution in [2.75, 3.05) is 60.9 Å². The first-order valence-electron chi connectivity index (χ1n) is 21.1. The lowest BCUT2D eigenvalue weighted by atomic mass is 9.94. The van der Waals surface area contributed by atoms with Crippen LogP contribution in [0.2, 0.25) is 0 Å². The molecule has 3 N–H and O–H groups in total. The van der Waals surface area contributed by atoms with Gasteiger partial charge in [0, 0.05) is 75.7 Å². The topological polar surface area (TPSA) is 162 Å². The fourth-order valence-corrected chi connectivity index (χ4v) is 9.28. The first-order chi connectivity index (χ1) is 29.7. The Hall–Kier alpha value is -6.41. The molecule has 2 aromatic carbocycles. The van der Waals surface area contributed by atoms with E-state index in [-0.39, 0.29) is 35.5 Å². The minimum atomic E-state index is -0.944. The van der Waals surface area contributed by atoms with Crippen molar-refractivity contribution < 1.29 is 28.0 Å². The van der Waals surface area contributed by atoms with E-state index in [0.29, 0.717) is 48.6 Å². The van der Waals surface area contributed by atoms with Crippen LogP contribution in [0.15, 0.2) is 72.6 Å². The summed E-state index contributed by atoms with van der Waals surface area (Å²) in [6, 6.07) is 11.6. The van der Waals surface area contributed by atoms with E-state index in [1.165, 1.54) is 12.1 Å². The number of benzene rings is 2. The maximum absolute atomic E-state index is 15.3. The highest BCUT2D eigenvalue weighted by atomic mass is 19.1. The summed E-state index contributed by atoms with van der Waals surface area (Å²) in [4.78, 5) is 55.6. The number of carbonyl (C=O) groups is 2. The van der Waals surface area contributed by atoms with Gasteiger partial charge in [-0.1, -0.05) is 0 Å². The molecule has 61 heavy (non-hydrogen) atoms. The van der Waals surface area contributed by atoms with Crippen molar-refractivity contribution in [1.29, 1.82) is 0 Å². The van der Waals surface area contributed by atoms with Crippen LogP contribution in [0.5, 0.6) is 0 Å². The Balaban J connectivity index is 0.797. The summed E-state index contributed by atoms with van der Waals surface area (Å²) >= 11 is 0. The second kappa shape index (κ2) is 17.3. The Morgan fingerprint density at radius 1 is 0.902 bits per heavy atom. The van der Waals surface area contributed by atoms with Gasteiger partial charge in [-0.25, -0.2) is 18.4 Å². The molecular formula is C44H47F2N11O4. The molecular weight excluding hydrogens is 785 g/mol. The van der Waals surface area contributed by atoms with Crippen molar-refractivity contribution in [2.45, 2.75) is 69.6 Å². The normalized spacial score (nSPS) is 20.7. The first kappa shape index (κ1) is 40.0. The molecule has 4 fully saturated rings. The molecule has 3 aromatic heterocycles. The molecule has 4 aliphatic rings. The summed E-state index contributed by atoms with van der Waals surface area (Å²) in [5.41, 5.74) is 3.86. The third-order valence-corrected chi connectivity index (χ3v) is 12.6. The monoisotopic (exact) mass is 831 g/mol. The third kappa shape index (κ3) is 8.49. The molecule has 0 bridgehead atoms. The molecule has 9 rings (SSSR count). The van der Waals surface area contributed by atoms with Crippen LogP contribution in [0.25, 0.3) is 16.6 Å². The number of anilines is 3. The number of rotatable bonds is 9. The summed E-state index contributed by atoms with van der Waals surface area (Å²) in [7, 11) is 0. The van der Waals surface area contributed by atoms with Gasteiger partial charge in [-0.3, -0.25) is 18.7 Å². The summed E-state index contributed by atoms with van der Waals surface area (Å²) in [6.45, 7) is 5.38. The molecule has 5 aromatic rings. The van der Waals surface area contributed by atoms with Crippen LogP contribution in [0.4, 0.5) is 25.8 Å². The molecule has 316 valence electrons. The van der Waals surface area contributed by atoms with E-state index in [2.05, 4.69) is 46.8 Å². The minimum Gasteiger partial charge on any atom is -0.371 e. The standard InChI is InChI=1S/C44H47F2N11O4/c45-30-3-1-13-55(24-30)41-21-38-29(19-39(41)50-44(61)35-4-2-14-56-27-47-51-42(35)56)23-57(52-38)32-11-15-53(16-12-32)22-28-9-17-54(18-10-28)33-6-7-34(36(46)20-33)43(60)49-37-8-5-31(25-58)48-40(37)26-59/h2,4,6-7,14,19-21,23,27-28,30,32,37,48H,1,3,5,8-13,15-18,22,24H2,(H,49,60)(H,50,61)/t30?,37-/m0/s1. The maximum Gasteiger partial charge on any atom is 0.259 e. The number of halogens is 2. The van der Waals surface area contributed by atoms with Crippen molar-refractivity contribution in [3.63, 3.8) is 0 Å². The van der Waals surface area contributed by atoms with E-state index in [0.717, 1.165) is 87.1 Å². The van der Waals surface area contributed by atoms with Crippen molar-refractivity contribution in [3.8, 4) is 0 Å². The number of hydrogen-bond acceptors (Lipinski definition) is 11. The fourth-order valence-electron chi connectivity index (χ4n) is 9.28. The van der Waals surface area contributed by atoms with Gasteiger partial charge in [-0.05, 0) is 93.3 Å². The van der Waals surface area contributed by atoms with E-state index in [9.17, 15) is 23.6 Å². The van der Waals surface area contributed by atoms with E-state index in [1.807, 2.05) is 17.0 Å². The van der Waals surface area contributed by atoms with Crippen LogP contribution in [0.3, 0.4) is 0 Å². The number of fused-ring (bicyclic) bond motifs is 2. The Bertz CT molecular complexity index is 2560. The number of amides is 2. The number of pyridine rings is 1. The van der Waals surface area contributed by atoms with Gasteiger partial charge in [0.15, 0.2) is 5.65 Å². The number of aromatic nitrogens is 5. The number of likely N-dealkylation sites (tertiary alicyclic amines) is 1. The van der Waals surface area contributed by atoms with Gasteiger partial charge in [-0.15, -0.1) is 10.2 Å². The molecule has 0 aliphatic carbocycles. The van der Waals surface area contributed by atoms with Gasteiger partial charge in [0.1, 0.15) is 41.6 Å².